The fraction of sp³-hybridized carbons (Fsp3) is 0.133. The van der Waals surface area contributed by atoms with E-state index in [1.165, 1.54) is 0 Å². The zero-order valence-corrected chi connectivity index (χ0v) is 12.1. The van der Waals surface area contributed by atoms with Crippen LogP contribution in [0.3, 0.4) is 0 Å². The molecular formula is C15H14BrNO2. The second-order valence-electron chi connectivity index (χ2n) is 4.01. The third-order valence-electron chi connectivity index (χ3n) is 2.71. The van der Waals surface area contributed by atoms with Crippen molar-refractivity contribution in [1.29, 1.82) is 0 Å². The summed E-state index contributed by atoms with van der Waals surface area (Å²) in [6.07, 6.45) is 0. The average Bonchev–Trinajstić information content (AvgIpc) is 2.46. The van der Waals surface area contributed by atoms with Crippen LogP contribution in [0.25, 0.3) is 0 Å². The number of anilines is 1. The third-order valence-corrected chi connectivity index (χ3v) is 3.36. The van der Waals surface area contributed by atoms with Crippen molar-refractivity contribution in [2.75, 3.05) is 18.6 Å². The molecule has 0 radical (unpaired) electrons. The molecule has 0 fully saturated rings. The second kappa shape index (κ2) is 6.38. The van der Waals surface area contributed by atoms with Crippen LogP contribution in [0.15, 0.2) is 59.1 Å². The lowest BCUT2D eigenvalue weighted by atomic mass is 10.3. The van der Waals surface area contributed by atoms with Crippen LogP contribution >= 0.6 is 15.9 Å². The number of para-hydroxylation sites is 2. The Morgan fingerprint density at radius 1 is 1.11 bits per heavy atom. The Kier molecular flexibility index (Phi) is 4.58. The summed E-state index contributed by atoms with van der Waals surface area (Å²) in [5.41, 5.74) is 0.850. The number of halogens is 1. The molecule has 0 N–H and O–H groups in total. The normalized spacial score (nSPS) is 10.0. The minimum Gasteiger partial charge on any atom is -0.483 e. The minimum absolute atomic E-state index is 0.00794. The largest absolute Gasteiger partial charge is 0.483 e. The van der Waals surface area contributed by atoms with Crippen molar-refractivity contribution < 1.29 is 9.53 Å². The van der Waals surface area contributed by atoms with Gasteiger partial charge in [-0.2, -0.15) is 0 Å². The highest BCUT2D eigenvalue weighted by atomic mass is 79.9. The molecule has 1 amide bonds. The van der Waals surface area contributed by atoms with Gasteiger partial charge in [0.2, 0.25) is 0 Å². The van der Waals surface area contributed by atoms with E-state index in [1.54, 1.807) is 11.9 Å². The van der Waals surface area contributed by atoms with Gasteiger partial charge in [0.25, 0.3) is 5.91 Å². The van der Waals surface area contributed by atoms with E-state index in [2.05, 4.69) is 15.9 Å². The van der Waals surface area contributed by atoms with Gasteiger partial charge in [-0.15, -0.1) is 0 Å². The maximum Gasteiger partial charge on any atom is 0.264 e. The van der Waals surface area contributed by atoms with Gasteiger partial charge in [-0.25, -0.2) is 0 Å². The number of hydrogen-bond acceptors (Lipinski definition) is 2. The molecule has 0 aliphatic rings. The molecule has 0 atom stereocenters. The number of nitrogens with zero attached hydrogens (tertiary/aromatic N) is 1. The van der Waals surface area contributed by atoms with E-state index in [0.717, 1.165) is 10.2 Å². The number of carbonyl (C=O) groups is 1. The van der Waals surface area contributed by atoms with Gasteiger partial charge < -0.3 is 9.64 Å². The Balaban J connectivity index is 1.97. The summed E-state index contributed by atoms with van der Waals surface area (Å²) in [5, 5.41) is 0. The van der Waals surface area contributed by atoms with E-state index >= 15 is 0 Å². The molecule has 0 saturated carbocycles. The molecule has 0 saturated heterocycles. The molecule has 0 aliphatic carbocycles. The number of ether oxygens (including phenoxy) is 1. The molecule has 4 heteroatoms. The molecule has 2 aromatic rings. The van der Waals surface area contributed by atoms with Crippen LogP contribution < -0.4 is 9.64 Å². The molecule has 0 bridgehead atoms. The summed E-state index contributed by atoms with van der Waals surface area (Å²) in [7, 11) is 1.74. The minimum atomic E-state index is -0.0954. The zero-order valence-electron chi connectivity index (χ0n) is 10.5. The molecule has 2 aromatic carbocycles. The topological polar surface area (TPSA) is 29.5 Å². The van der Waals surface area contributed by atoms with Crippen LogP contribution in [-0.4, -0.2) is 19.6 Å². The first-order chi connectivity index (χ1) is 9.18. The molecule has 98 valence electrons. The molecule has 0 spiro atoms. The molecule has 19 heavy (non-hydrogen) atoms. The second-order valence-corrected chi connectivity index (χ2v) is 4.86. The summed E-state index contributed by atoms with van der Waals surface area (Å²) in [6, 6.07) is 16.9. The lowest BCUT2D eigenvalue weighted by Gasteiger charge is -2.17. The molecule has 0 unspecified atom stereocenters. The fourth-order valence-corrected chi connectivity index (χ4v) is 1.99. The van der Waals surface area contributed by atoms with Gasteiger partial charge in [0.05, 0.1) is 4.47 Å². The smallest absolute Gasteiger partial charge is 0.264 e. The summed E-state index contributed by atoms with van der Waals surface area (Å²) in [5.74, 6) is 0.569. The first-order valence-corrected chi connectivity index (χ1v) is 6.66. The number of carbonyl (C=O) groups excluding carboxylic acids is 1. The van der Waals surface area contributed by atoms with Crippen molar-refractivity contribution >= 4 is 27.5 Å². The monoisotopic (exact) mass is 319 g/mol. The highest BCUT2D eigenvalue weighted by Crippen LogP contribution is 2.23. The molecule has 2 rings (SSSR count). The van der Waals surface area contributed by atoms with Crippen molar-refractivity contribution in [3.05, 3.63) is 59.1 Å². The molecular weight excluding hydrogens is 306 g/mol. The quantitative estimate of drug-likeness (QED) is 0.863. The number of amides is 1. The van der Waals surface area contributed by atoms with Gasteiger partial charge in [0.1, 0.15) is 5.75 Å². The maximum atomic E-state index is 12.0. The van der Waals surface area contributed by atoms with E-state index in [1.807, 2.05) is 54.6 Å². The van der Waals surface area contributed by atoms with Crippen molar-refractivity contribution in [2.24, 2.45) is 0 Å². The van der Waals surface area contributed by atoms with Crippen LogP contribution in [0.5, 0.6) is 5.75 Å². The molecule has 0 heterocycles. The molecule has 3 nitrogen and oxygen atoms in total. The van der Waals surface area contributed by atoms with Gasteiger partial charge in [-0.1, -0.05) is 30.3 Å². The number of hydrogen-bond donors (Lipinski definition) is 0. The van der Waals surface area contributed by atoms with E-state index in [9.17, 15) is 4.79 Å². The van der Waals surface area contributed by atoms with Gasteiger partial charge in [0, 0.05) is 12.7 Å². The van der Waals surface area contributed by atoms with E-state index in [-0.39, 0.29) is 12.5 Å². The lowest BCUT2D eigenvalue weighted by Crippen LogP contribution is -2.31. The van der Waals surface area contributed by atoms with E-state index in [0.29, 0.717) is 5.75 Å². The summed E-state index contributed by atoms with van der Waals surface area (Å²) >= 11 is 3.38. The average molecular weight is 320 g/mol. The number of rotatable bonds is 4. The highest BCUT2D eigenvalue weighted by Gasteiger charge is 2.11. The van der Waals surface area contributed by atoms with Crippen LogP contribution in [0, 0.1) is 0 Å². The van der Waals surface area contributed by atoms with Gasteiger partial charge >= 0.3 is 0 Å². The summed E-state index contributed by atoms with van der Waals surface area (Å²) in [4.78, 5) is 13.6. The highest BCUT2D eigenvalue weighted by molar-refractivity contribution is 9.10. The van der Waals surface area contributed by atoms with Crippen molar-refractivity contribution in [2.45, 2.75) is 0 Å². The van der Waals surface area contributed by atoms with Crippen LogP contribution in [-0.2, 0) is 4.79 Å². The van der Waals surface area contributed by atoms with Crippen LogP contribution in [0.2, 0.25) is 0 Å². The maximum absolute atomic E-state index is 12.0. The third kappa shape index (κ3) is 3.58. The zero-order chi connectivity index (χ0) is 13.7. The van der Waals surface area contributed by atoms with Crippen molar-refractivity contribution in [3.8, 4) is 5.75 Å². The fourth-order valence-electron chi connectivity index (χ4n) is 1.59. The Bertz CT molecular complexity index is 557. The SMILES string of the molecule is CN(C(=O)COc1ccccc1Br)c1ccccc1. The predicted octanol–water partition coefficient (Wildman–Crippen LogP) is 3.49. The van der Waals surface area contributed by atoms with E-state index in [4.69, 9.17) is 4.74 Å². The summed E-state index contributed by atoms with van der Waals surface area (Å²) in [6.45, 7) is 0.00794. The Hall–Kier alpha value is -1.81. The van der Waals surface area contributed by atoms with Crippen LogP contribution in [0.1, 0.15) is 0 Å². The predicted molar refractivity (Wildman–Crippen MR) is 79.5 cm³/mol. The van der Waals surface area contributed by atoms with E-state index < -0.39 is 0 Å². The van der Waals surface area contributed by atoms with Crippen molar-refractivity contribution in [3.63, 3.8) is 0 Å². The van der Waals surface area contributed by atoms with Crippen LogP contribution in [0.4, 0.5) is 5.69 Å². The van der Waals surface area contributed by atoms with Gasteiger partial charge in [-0.05, 0) is 40.2 Å². The number of likely N-dealkylation sites (N-methyl/N-ethyl adjacent to an activating group) is 1. The molecule has 0 aliphatic heterocycles. The summed E-state index contributed by atoms with van der Waals surface area (Å²) < 4.78 is 6.34. The number of benzene rings is 2. The van der Waals surface area contributed by atoms with Crippen molar-refractivity contribution in [1.82, 2.24) is 0 Å². The first-order valence-electron chi connectivity index (χ1n) is 5.87. The Morgan fingerprint density at radius 3 is 2.42 bits per heavy atom. The van der Waals surface area contributed by atoms with Gasteiger partial charge in [-0.3, -0.25) is 4.79 Å². The molecule has 0 aromatic heterocycles. The Labute approximate surface area is 120 Å². The Morgan fingerprint density at radius 2 is 1.74 bits per heavy atom. The first kappa shape index (κ1) is 13.6. The van der Waals surface area contributed by atoms with Gasteiger partial charge in [0.15, 0.2) is 6.61 Å². The lowest BCUT2D eigenvalue weighted by molar-refractivity contribution is -0.120. The standard InChI is InChI=1S/C15H14BrNO2/c1-17(12-7-3-2-4-8-12)15(18)11-19-14-10-6-5-9-13(14)16/h2-10H,11H2,1H3.